The average Bonchev–Trinajstić information content (AvgIpc) is 2.89. The number of halogens is 1. The zero-order valence-electron chi connectivity index (χ0n) is 8.69. The van der Waals surface area contributed by atoms with E-state index in [1.807, 2.05) is 6.07 Å². The van der Waals surface area contributed by atoms with E-state index in [2.05, 4.69) is 15.9 Å². The topological polar surface area (TPSA) is 50.5 Å². The Kier molecular flexibility index (Phi) is 3.43. The minimum atomic E-state index is -0.165. The Balaban J connectivity index is 1.97. The summed E-state index contributed by atoms with van der Waals surface area (Å²) in [5.41, 5.74) is 0. The molecule has 1 unspecified atom stereocenters. The monoisotopic (exact) mass is 285 g/mol. The average molecular weight is 286 g/mol. The Morgan fingerprint density at radius 3 is 3.06 bits per heavy atom. The summed E-state index contributed by atoms with van der Waals surface area (Å²) >= 11 is 3.13. The maximum Gasteiger partial charge on any atom is 0.223 e. The third kappa shape index (κ3) is 2.35. The maximum atomic E-state index is 11.6. The molecule has 4 nitrogen and oxygen atoms in total. The molecule has 1 atom stereocenters. The number of carbonyl (C=O) groups is 2. The second kappa shape index (κ2) is 4.82. The predicted molar refractivity (Wildman–Crippen MR) is 61.0 cm³/mol. The number of likely N-dealkylation sites (tertiary alicyclic amines) is 1. The maximum absolute atomic E-state index is 11.6. The fraction of sp³-hybridized carbons (Fsp3) is 0.455. The summed E-state index contributed by atoms with van der Waals surface area (Å²) in [4.78, 5) is 24.8. The van der Waals surface area contributed by atoms with Crippen LogP contribution < -0.4 is 0 Å². The number of nitrogens with zero attached hydrogens (tertiary/aromatic N) is 1. The van der Waals surface area contributed by atoms with E-state index in [1.54, 1.807) is 17.2 Å². The molecule has 2 rings (SSSR count). The normalized spacial score (nSPS) is 20.4. The van der Waals surface area contributed by atoms with Crippen LogP contribution in [-0.2, 0) is 16.1 Å². The zero-order valence-corrected chi connectivity index (χ0v) is 10.3. The minimum absolute atomic E-state index is 0.0238. The summed E-state index contributed by atoms with van der Waals surface area (Å²) in [6, 6.07) is 3.61. The molecule has 5 heteroatoms. The van der Waals surface area contributed by atoms with Gasteiger partial charge in [-0.3, -0.25) is 9.59 Å². The van der Waals surface area contributed by atoms with Crippen molar-refractivity contribution in [2.75, 3.05) is 11.9 Å². The van der Waals surface area contributed by atoms with Crippen LogP contribution in [0.5, 0.6) is 0 Å². The van der Waals surface area contributed by atoms with Gasteiger partial charge in [0.05, 0.1) is 18.1 Å². The summed E-state index contributed by atoms with van der Waals surface area (Å²) in [7, 11) is 0. The third-order valence-corrected chi connectivity index (χ3v) is 3.28. The molecule has 1 aromatic heterocycles. The van der Waals surface area contributed by atoms with Crippen LogP contribution >= 0.6 is 15.9 Å². The molecular formula is C11H12BrNO3. The van der Waals surface area contributed by atoms with Gasteiger partial charge in [0.15, 0.2) is 0 Å². The van der Waals surface area contributed by atoms with Crippen molar-refractivity contribution in [3.63, 3.8) is 0 Å². The van der Waals surface area contributed by atoms with Crippen LogP contribution in [0.15, 0.2) is 22.8 Å². The number of hydrogen-bond acceptors (Lipinski definition) is 3. The van der Waals surface area contributed by atoms with Crippen LogP contribution in [0.3, 0.4) is 0 Å². The number of ketones is 1. The largest absolute Gasteiger partial charge is 0.467 e. The number of hydrogen-bond donors (Lipinski definition) is 0. The molecule has 1 saturated heterocycles. The predicted octanol–water partition coefficient (Wildman–Crippen LogP) is 1.59. The molecule has 1 aromatic rings. The highest BCUT2D eigenvalue weighted by Crippen LogP contribution is 2.21. The highest BCUT2D eigenvalue weighted by molar-refractivity contribution is 9.09. The van der Waals surface area contributed by atoms with E-state index in [1.165, 1.54) is 0 Å². The van der Waals surface area contributed by atoms with E-state index < -0.39 is 0 Å². The summed E-state index contributed by atoms with van der Waals surface area (Å²) in [6.07, 6.45) is 1.90. The van der Waals surface area contributed by atoms with E-state index in [-0.39, 0.29) is 17.6 Å². The van der Waals surface area contributed by atoms with Crippen molar-refractivity contribution >= 4 is 27.6 Å². The minimum Gasteiger partial charge on any atom is -0.467 e. The van der Waals surface area contributed by atoms with E-state index in [9.17, 15) is 9.59 Å². The van der Waals surface area contributed by atoms with Crippen LogP contribution in [0.25, 0.3) is 0 Å². The molecule has 86 valence electrons. The molecule has 0 aromatic carbocycles. The van der Waals surface area contributed by atoms with Crippen molar-refractivity contribution < 1.29 is 14.0 Å². The number of amides is 1. The molecule has 0 bridgehead atoms. The van der Waals surface area contributed by atoms with Crippen LogP contribution in [0.1, 0.15) is 12.2 Å². The first kappa shape index (κ1) is 11.4. The molecule has 16 heavy (non-hydrogen) atoms. The number of Topliss-reactive ketones (excluding diaryl/α,β-unsaturated/α-hetero) is 1. The number of alkyl halides is 1. The first-order chi connectivity index (χ1) is 7.70. The van der Waals surface area contributed by atoms with Crippen LogP contribution in [0, 0.1) is 5.92 Å². The Hall–Kier alpha value is -1.10. The van der Waals surface area contributed by atoms with Gasteiger partial charge < -0.3 is 9.32 Å². The molecule has 0 saturated carbocycles. The Morgan fingerprint density at radius 2 is 2.44 bits per heavy atom. The lowest BCUT2D eigenvalue weighted by atomic mass is 10.1. The van der Waals surface area contributed by atoms with Gasteiger partial charge in [-0.25, -0.2) is 0 Å². The molecule has 1 amide bonds. The quantitative estimate of drug-likeness (QED) is 0.790. The molecular weight excluding hydrogens is 274 g/mol. The molecule has 1 fully saturated rings. The summed E-state index contributed by atoms with van der Waals surface area (Å²) in [6.45, 7) is 0.960. The zero-order chi connectivity index (χ0) is 11.5. The second-order valence-electron chi connectivity index (χ2n) is 3.85. The lowest BCUT2D eigenvalue weighted by molar-refractivity contribution is -0.128. The highest BCUT2D eigenvalue weighted by Gasteiger charge is 2.33. The molecule has 1 aliphatic rings. The Morgan fingerprint density at radius 1 is 1.62 bits per heavy atom. The van der Waals surface area contributed by atoms with E-state index in [0.717, 1.165) is 5.76 Å². The molecule has 0 spiro atoms. The van der Waals surface area contributed by atoms with Gasteiger partial charge in [-0.1, -0.05) is 15.9 Å². The van der Waals surface area contributed by atoms with Gasteiger partial charge in [0, 0.05) is 18.9 Å². The van der Waals surface area contributed by atoms with Crippen molar-refractivity contribution in [3.8, 4) is 0 Å². The van der Waals surface area contributed by atoms with Crippen molar-refractivity contribution in [2.24, 2.45) is 5.92 Å². The molecule has 0 radical (unpaired) electrons. The SMILES string of the molecule is O=C(CBr)C1CC(=O)N(Cc2ccco2)C1. The second-order valence-corrected chi connectivity index (χ2v) is 4.42. The van der Waals surface area contributed by atoms with Crippen molar-refractivity contribution in [1.29, 1.82) is 0 Å². The van der Waals surface area contributed by atoms with E-state index >= 15 is 0 Å². The van der Waals surface area contributed by atoms with Crippen molar-refractivity contribution in [2.45, 2.75) is 13.0 Å². The fourth-order valence-corrected chi connectivity index (χ4v) is 2.30. The molecule has 1 aliphatic heterocycles. The fourth-order valence-electron chi connectivity index (χ4n) is 1.84. The number of carbonyl (C=O) groups excluding carboxylic acids is 2. The Bertz CT molecular complexity index is 388. The first-order valence-electron chi connectivity index (χ1n) is 5.09. The Labute approximate surface area is 102 Å². The van der Waals surface area contributed by atoms with Gasteiger partial charge in [-0.15, -0.1) is 0 Å². The van der Waals surface area contributed by atoms with E-state index in [4.69, 9.17) is 4.42 Å². The number of rotatable bonds is 4. The smallest absolute Gasteiger partial charge is 0.223 e. The van der Waals surface area contributed by atoms with Gasteiger partial charge in [-0.2, -0.15) is 0 Å². The van der Waals surface area contributed by atoms with E-state index in [0.29, 0.717) is 24.8 Å². The van der Waals surface area contributed by atoms with Gasteiger partial charge in [-0.05, 0) is 12.1 Å². The highest BCUT2D eigenvalue weighted by atomic mass is 79.9. The standard InChI is InChI=1S/C11H12BrNO3/c12-5-10(14)8-4-11(15)13(6-8)7-9-2-1-3-16-9/h1-3,8H,4-7H2. The van der Waals surface area contributed by atoms with Gasteiger partial charge >= 0.3 is 0 Å². The number of furan rings is 1. The summed E-state index contributed by atoms with van der Waals surface area (Å²) in [5, 5.41) is 0.319. The first-order valence-corrected chi connectivity index (χ1v) is 6.21. The van der Waals surface area contributed by atoms with Gasteiger partial charge in [0.1, 0.15) is 11.5 Å². The van der Waals surface area contributed by atoms with Crippen LogP contribution in [-0.4, -0.2) is 28.5 Å². The van der Waals surface area contributed by atoms with Crippen LogP contribution in [0.2, 0.25) is 0 Å². The van der Waals surface area contributed by atoms with Crippen molar-refractivity contribution in [3.05, 3.63) is 24.2 Å². The summed E-state index contributed by atoms with van der Waals surface area (Å²) < 4.78 is 5.18. The molecule has 0 N–H and O–H groups in total. The third-order valence-electron chi connectivity index (χ3n) is 2.73. The lowest BCUT2D eigenvalue weighted by Crippen LogP contribution is -2.25. The molecule has 2 heterocycles. The van der Waals surface area contributed by atoms with Gasteiger partial charge in [0.2, 0.25) is 5.91 Å². The summed E-state index contributed by atoms with van der Waals surface area (Å²) in [5.74, 6) is 0.702. The van der Waals surface area contributed by atoms with Crippen molar-refractivity contribution in [1.82, 2.24) is 4.90 Å². The van der Waals surface area contributed by atoms with Crippen LogP contribution in [0.4, 0.5) is 0 Å². The van der Waals surface area contributed by atoms with Gasteiger partial charge in [0.25, 0.3) is 0 Å². The molecule has 0 aliphatic carbocycles. The lowest BCUT2D eigenvalue weighted by Gasteiger charge is -2.14.